The number of benzene rings is 2. The van der Waals surface area contributed by atoms with Gasteiger partial charge in [-0.05, 0) is 61.6 Å². The Kier molecular flexibility index (Phi) is 15.2. The lowest BCUT2D eigenvalue weighted by Gasteiger charge is -2.31. The molecule has 278 valence electrons. The normalized spacial score (nSPS) is 20.6. The van der Waals surface area contributed by atoms with Crippen molar-refractivity contribution in [2.45, 2.75) is 121 Å². The minimum Gasteiger partial charge on any atom is -0.508 e. The van der Waals surface area contributed by atoms with Crippen molar-refractivity contribution >= 4 is 23.9 Å². The molecular weight excluding hydrogens is 652 g/mol. The molecule has 5 atom stereocenters. The number of nitrogens with one attached hydrogen (secondary N) is 2. The lowest BCUT2D eigenvalue weighted by atomic mass is 9.91. The molecule has 0 bridgehead atoms. The maximum atomic E-state index is 13.6. The molecule has 0 saturated carbocycles. The fourth-order valence-electron chi connectivity index (χ4n) is 6.47. The Hall–Kier alpha value is -4.03. The number of aliphatic hydroxyl groups is 2. The molecule has 4 rings (SSSR count). The lowest BCUT2D eigenvalue weighted by Crippen LogP contribution is -2.54. The van der Waals surface area contributed by atoms with Gasteiger partial charge in [0.05, 0.1) is 18.3 Å². The van der Waals surface area contributed by atoms with E-state index in [0.29, 0.717) is 24.8 Å². The standard InChI is InChI=1S/C40H54N2O9/c1-4-6-10-21-40(22-11-7-5-2)50-34-26-31(37(46)42-35(27(3)44)38(47)41-23-24-43)25-33(36(34)51-40)49-39(48)30-19-17-28(18-20-30)13-12-15-29-14-8-9-16-32(29)45/h8-9,12-14,16-20,26-27,33-36,43-45H,4-7,10-11,15,21-25H2,1-3H3,(H,41,47)(H,42,46)/t27-,33+,34+,35+,36-/m0/s1. The molecule has 2 aromatic carbocycles. The highest BCUT2D eigenvalue weighted by Gasteiger charge is 2.52. The van der Waals surface area contributed by atoms with E-state index in [9.17, 15) is 24.6 Å². The van der Waals surface area contributed by atoms with E-state index in [1.807, 2.05) is 24.3 Å². The molecule has 1 aliphatic heterocycles. The van der Waals surface area contributed by atoms with Crippen LogP contribution in [-0.2, 0) is 30.2 Å². The first kappa shape index (κ1) is 39.8. The van der Waals surface area contributed by atoms with Crippen molar-refractivity contribution in [2.24, 2.45) is 0 Å². The van der Waals surface area contributed by atoms with Crippen molar-refractivity contribution in [3.05, 3.63) is 82.9 Å². The number of phenols is 1. The lowest BCUT2D eigenvalue weighted by molar-refractivity contribution is -0.190. The summed E-state index contributed by atoms with van der Waals surface area (Å²) in [5.41, 5.74) is 2.26. The fourth-order valence-corrected chi connectivity index (χ4v) is 6.47. The Morgan fingerprint density at radius 2 is 1.69 bits per heavy atom. The number of ether oxygens (including phenoxy) is 3. The highest BCUT2D eigenvalue weighted by molar-refractivity contribution is 5.97. The second-order valence-electron chi connectivity index (χ2n) is 13.4. The zero-order valence-electron chi connectivity index (χ0n) is 30.0. The number of allylic oxidation sites excluding steroid dienone is 1. The van der Waals surface area contributed by atoms with Crippen LogP contribution in [0.5, 0.6) is 5.75 Å². The van der Waals surface area contributed by atoms with Gasteiger partial charge >= 0.3 is 5.97 Å². The van der Waals surface area contributed by atoms with Crippen LogP contribution in [0.25, 0.3) is 6.08 Å². The van der Waals surface area contributed by atoms with E-state index in [-0.39, 0.29) is 30.9 Å². The van der Waals surface area contributed by atoms with E-state index in [0.717, 1.165) is 49.7 Å². The number of unbranched alkanes of at least 4 members (excludes halogenated alkanes) is 4. The summed E-state index contributed by atoms with van der Waals surface area (Å²) in [7, 11) is 0. The number of amides is 2. The Morgan fingerprint density at radius 1 is 1.00 bits per heavy atom. The number of fused-ring (bicyclic) bond motifs is 1. The Bertz CT molecular complexity index is 1490. The maximum Gasteiger partial charge on any atom is 0.338 e. The summed E-state index contributed by atoms with van der Waals surface area (Å²) in [4.78, 5) is 39.9. The van der Waals surface area contributed by atoms with Gasteiger partial charge in [-0.2, -0.15) is 0 Å². The average Bonchev–Trinajstić information content (AvgIpc) is 3.49. The highest BCUT2D eigenvalue weighted by Crippen LogP contribution is 2.43. The molecule has 0 unspecified atom stereocenters. The summed E-state index contributed by atoms with van der Waals surface area (Å²) in [6.07, 6.45) is 9.93. The topological polar surface area (TPSA) is 164 Å². The largest absolute Gasteiger partial charge is 0.508 e. The second-order valence-corrected chi connectivity index (χ2v) is 13.4. The number of carbonyl (C=O) groups excluding carboxylic acids is 3. The molecule has 11 heteroatoms. The molecule has 1 saturated heterocycles. The minimum atomic E-state index is -1.27. The monoisotopic (exact) mass is 706 g/mol. The molecule has 2 amide bonds. The van der Waals surface area contributed by atoms with Gasteiger partial charge in [-0.15, -0.1) is 0 Å². The van der Waals surface area contributed by atoms with Crippen molar-refractivity contribution in [1.82, 2.24) is 10.6 Å². The molecule has 2 aliphatic rings. The van der Waals surface area contributed by atoms with Crippen LogP contribution in [0.1, 0.15) is 100 Å². The predicted octanol–water partition coefficient (Wildman–Crippen LogP) is 5.12. The van der Waals surface area contributed by atoms with E-state index < -0.39 is 54.0 Å². The van der Waals surface area contributed by atoms with E-state index in [1.54, 1.807) is 42.5 Å². The average molecular weight is 707 g/mol. The second kappa shape index (κ2) is 19.5. The summed E-state index contributed by atoms with van der Waals surface area (Å²) in [6, 6.07) is 12.9. The molecule has 1 fully saturated rings. The van der Waals surface area contributed by atoms with E-state index in [2.05, 4.69) is 24.5 Å². The molecule has 0 aromatic heterocycles. The van der Waals surface area contributed by atoms with Crippen molar-refractivity contribution in [2.75, 3.05) is 13.2 Å². The number of hydrogen-bond donors (Lipinski definition) is 5. The molecule has 1 heterocycles. The number of rotatable bonds is 19. The van der Waals surface area contributed by atoms with Gasteiger partial charge in [-0.1, -0.05) is 82.0 Å². The van der Waals surface area contributed by atoms with Crippen molar-refractivity contribution in [1.29, 1.82) is 0 Å². The first-order valence-corrected chi connectivity index (χ1v) is 18.3. The Morgan fingerprint density at radius 3 is 2.31 bits per heavy atom. The molecule has 11 nitrogen and oxygen atoms in total. The quantitative estimate of drug-likeness (QED) is 0.0986. The van der Waals surface area contributed by atoms with Crippen LogP contribution >= 0.6 is 0 Å². The third kappa shape index (κ3) is 11.2. The number of hydrogen-bond acceptors (Lipinski definition) is 9. The summed E-state index contributed by atoms with van der Waals surface area (Å²) < 4.78 is 19.4. The third-order valence-corrected chi connectivity index (χ3v) is 9.30. The molecule has 0 radical (unpaired) electrons. The van der Waals surface area contributed by atoms with Gasteiger partial charge in [0.1, 0.15) is 30.1 Å². The summed E-state index contributed by atoms with van der Waals surface area (Å²) >= 11 is 0. The van der Waals surface area contributed by atoms with Crippen LogP contribution in [-0.4, -0.2) is 82.5 Å². The van der Waals surface area contributed by atoms with Gasteiger partial charge < -0.3 is 40.2 Å². The molecular formula is C40H54N2O9. The van der Waals surface area contributed by atoms with Crippen LogP contribution < -0.4 is 10.6 Å². The number of aliphatic hydroxyl groups excluding tert-OH is 2. The van der Waals surface area contributed by atoms with Crippen LogP contribution in [0.2, 0.25) is 0 Å². The summed E-state index contributed by atoms with van der Waals surface area (Å²) in [5.74, 6) is -2.45. The van der Waals surface area contributed by atoms with Gasteiger partial charge in [-0.3, -0.25) is 9.59 Å². The van der Waals surface area contributed by atoms with Crippen molar-refractivity contribution < 1.29 is 43.9 Å². The predicted molar refractivity (Wildman–Crippen MR) is 194 cm³/mol. The number of phenolic OH excluding ortho intramolecular Hbond substituents is 1. The summed E-state index contributed by atoms with van der Waals surface area (Å²) in [5, 5.41) is 34.5. The first-order chi connectivity index (χ1) is 24.6. The number of carbonyl (C=O) groups is 3. The fraction of sp³-hybridized carbons (Fsp3) is 0.525. The van der Waals surface area contributed by atoms with Crippen LogP contribution in [0, 0.1) is 0 Å². The molecule has 1 aliphatic carbocycles. The number of esters is 1. The first-order valence-electron chi connectivity index (χ1n) is 18.3. The zero-order valence-corrected chi connectivity index (χ0v) is 30.0. The van der Waals surface area contributed by atoms with E-state index in [4.69, 9.17) is 19.3 Å². The van der Waals surface area contributed by atoms with Gasteiger partial charge in [0, 0.05) is 31.4 Å². The SMILES string of the molecule is CCCCCC1(CCCCC)O[C@@H]2[C@@H](C=C(C(=O)N[C@@H](C(=O)NCCO)[C@H](C)O)C[C@H]2OC(=O)c2ccc(C=CCc3ccccc3O)cc2)O1. The van der Waals surface area contributed by atoms with Gasteiger partial charge in [-0.25, -0.2) is 4.79 Å². The van der Waals surface area contributed by atoms with Crippen LogP contribution in [0.4, 0.5) is 0 Å². The van der Waals surface area contributed by atoms with E-state index >= 15 is 0 Å². The highest BCUT2D eigenvalue weighted by atomic mass is 16.8. The Balaban J connectivity index is 1.54. The van der Waals surface area contributed by atoms with E-state index in [1.165, 1.54) is 6.92 Å². The third-order valence-electron chi connectivity index (χ3n) is 9.30. The number of aromatic hydroxyl groups is 1. The van der Waals surface area contributed by atoms with Crippen LogP contribution in [0.15, 0.2) is 66.3 Å². The van der Waals surface area contributed by atoms with Gasteiger partial charge in [0.25, 0.3) is 0 Å². The zero-order chi connectivity index (χ0) is 36.8. The molecule has 2 aromatic rings. The Labute approximate surface area is 301 Å². The maximum absolute atomic E-state index is 13.6. The molecule has 0 spiro atoms. The van der Waals surface area contributed by atoms with Crippen LogP contribution in [0.3, 0.4) is 0 Å². The van der Waals surface area contributed by atoms with Gasteiger partial charge in [0.2, 0.25) is 11.8 Å². The summed E-state index contributed by atoms with van der Waals surface area (Å²) in [6.45, 7) is 5.34. The smallest absolute Gasteiger partial charge is 0.338 e. The minimum absolute atomic E-state index is 0.0139. The molecule has 51 heavy (non-hydrogen) atoms. The number of para-hydroxylation sites is 1. The van der Waals surface area contributed by atoms with Gasteiger partial charge in [0.15, 0.2) is 5.79 Å². The van der Waals surface area contributed by atoms with Crippen molar-refractivity contribution in [3.8, 4) is 5.75 Å². The molecule has 5 N–H and O–H groups in total. The van der Waals surface area contributed by atoms with Crippen molar-refractivity contribution in [3.63, 3.8) is 0 Å².